The van der Waals surface area contributed by atoms with Gasteiger partial charge in [-0.2, -0.15) is 0 Å². The molecule has 2 atom stereocenters. The Morgan fingerprint density at radius 3 is 2.46 bits per heavy atom. The van der Waals surface area contributed by atoms with Crippen molar-refractivity contribution in [3.8, 4) is 0 Å². The van der Waals surface area contributed by atoms with E-state index in [1.807, 2.05) is 12.1 Å². The van der Waals surface area contributed by atoms with Crippen molar-refractivity contribution in [2.45, 2.75) is 31.8 Å². The lowest BCUT2D eigenvalue weighted by atomic mass is 10.1. The molecule has 0 bridgehead atoms. The molecule has 0 amide bonds. The monoisotopic (exact) mass is 179 g/mol. The molecular weight excluding hydrogens is 165 g/mol. The summed E-state index contributed by atoms with van der Waals surface area (Å²) in [7, 11) is 0. The summed E-state index contributed by atoms with van der Waals surface area (Å²) in [4.78, 5) is 0. The highest BCUT2D eigenvalue weighted by atomic mass is 19.1. The van der Waals surface area contributed by atoms with Crippen LogP contribution in [-0.4, -0.2) is 6.04 Å². The van der Waals surface area contributed by atoms with Gasteiger partial charge in [-0.3, -0.25) is 0 Å². The zero-order valence-corrected chi connectivity index (χ0v) is 7.76. The topological polar surface area (TPSA) is 12.0 Å². The van der Waals surface area contributed by atoms with E-state index >= 15 is 0 Å². The van der Waals surface area contributed by atoms with Gasteiger partial charge in [-0.1, -0.05) is 12.1 Å². The predicted octanol–water partition coefficient (Wildman–Crippen LogP) is 2.64. The largest absolute Gasteiger partial charge is 0.307 e. The Labute approximate surface area is 78.0 Å². The van der Waals surface area contributed by atoms with E-state index in [0.29, 0.717) is 12.1 Å². The fraction of sp³-hybridized carbons (Fsp3) is 0.455. The summed E-state index contributed by atoms with van der Waals surface area (Å²) >= 11 is 0. The van der Waals surface area contributed by atoms with Gasteiger partial charge in [0, 0.05) is 12.1 Å². The van der Waals surface area contributed by atoms with Crippen LogP contribution in [0.4, 0.5) is 4.39 Å². The second-order valence-electron chi connectivity index (χ2n) is 3.75. The summed E-state index contributed by atoms with van der Waals surface area (Å²) in [6.45, 7) is 2.18. The van der Waals surface area contributed by atoms with Gasteiger partial charge in [0.2, 0.25) is 0 Å². The SMILES string of the molecule is C[C@@H]1CC[C@@H](c2ccc(F)cc2)N1. The Bertz CT molecular complexity index is 281. The third kappa shape index (κ3) is 1.89. The quantitative estimate of drug-likeness (QED) is 0.698. The Kier molecular flexibility index (Phi) is 2.32. The van der Waals surface area contributed by atoms with Gasteiger partial charge in [-0.15, -0.1) is 0 Å². The number of benzene rings is 1. The fourth-order valence-electron chi connectivity index (χ4n) is 1.88. The van der Waals surface area contributed by atoms with Crippen molar-refractivity contribution in [3.63, 3.8) is 0 Å². The molecule has 70 valence electrons. The molecule has 0 aromatic heterocycles. The van der Waals surface area contributed by atoms with E-state index in [4.69, 9.17) is 0 Å². The van der Waals surface area contributed by atoms with Crippen molar-refractivity contribution >= 4 is 0 Å². The highest BCUT2D eigenvalue weighted by Gasteiger charge is 2.21. The Hall–Kier alpha value is -0.890. The molecule has 1 aromatic rings. The number of nitrogens with one attached hydrogen (secondary N) is 1. The second-order valence-corrected chi connectivity index (χ2v) is 3.75. The molecular formula is C11H14FN. The molecule has 1 nitrogen and oxygen atoms in total. The minimum atomic E-state index is -0.158. The van der Waals surface area contributed by atoms with Crippen LogP contribution in [0.25, 0.3) is 0 Å². The van der Waals surface area contributed by atoms with Gasteiger partial charge in [-0.25, -0.2) is 4.39 Å². The molecule has 0 saturated carbocycles. The molecule has 1 saturated heterocycles. The summed E-state index contributed by atoms with van der Waals surface area (Å²) in [5.41, 5.74) is 1.20. The molecule has 1 fully saturated rings. The Balaban J connectivity index is 2.13. The number of halogens is 1. The summed E-state index contributed by atoms with van der Waals surface area (Å²) in [6.07, 6.45) is 2.37. The summed E-state index contributed by atoms with van der Waals surface area (Å²) < 4.78 is 12.6. The van der Waals surface area contributed by atoms with Crippen molar-refractivity contribution in [3.05, 3.63) is 35.6 Å². The lowest BCUT2D eigenvalue weighted by Crippen LogP contribution is -2.20. The molecule has 0 spiro atoms. The van der Waals surface area contributed by atoms with Crippen LogP contribution in [0.1, 0.15) is 31.4 Å². The maximum atomic E-state index is 12.6. The molecule has 1 aliphatic rings. The predicted molar refractivity (Wildman–Crippen MR) is 51.0 cm³/mol. The lowest BCUT2D eigenvalue weighted by molar-refractivity contribution is 0.581. The van der Waals surface area contributed by atoms with Gasteiger partial charge in [-0.05, 0) is 37.5 Å². The van der Waals surface area contributed by atoms with Crippen molar-refractivity contribution in [1.29, 1.82) is 0 Å². The van der Waals surface area contributed by atoms with E-state index in [-0.39, 0.29) is 5.82 Å². The van der Waals surface area contributed by atoms with Crippen molar-refractivity contribution in [2.75, 3.05) is 0 Å². The van der Waals surface area contributed by atoms with E-state index < -0.39 is 0 Å². The molecule has 0 unspecified atom stereocenters. The first-order valence-corrected chi connectivity index (χ1v) is 4.77. The molecule has 0 radical (unpaired) electrons. The minimum absolute atomic E-state index is 0.158. The van der Waals surface area contributed by atoms with Gasteiger partial charge in [0.15, 0.2) is 0 Å². The fourth-order valence-corrected chi connectivity index (χ4v) is 1.88. The van der Waals surface area contributed by atoms with Crippen LogP contribution in [-0.2, 0) is 0 Å². The van der Waals surface area contributed by atoms with Gasteiger partial charge < -0.3 is 5.32 Å². The van der Waals surface area contributed by atoms with Crippen molar-refractivity contribution in [1.82, 2.24) is 5.32 Å². The van der Waals surface area contributed by atoms with Gasteiger partial charge >= 0.3 is 0 Å². The molecule has 2 heteroatoms. The lowest BCUT2D eigenvalue weighted by Gasteiger charge is -2.11. The smallest absolute Gasteiger partial charge is 0.123 e. The van der Waals surface area contributed by atoms with Crippen LogP contribution in [0.2, 0.25) is 0 Å². The molecule has 1 heterocycles. The van der Waals surface area contributed by atoms with Crippen molar-refractivity contribution < 1.29 is 4.39 Å². The summed E-state index contributed by atoms with van der Waals surface area (Å²) in [6, 6.07) is 7.81. The highest BCUT2D eigenvalue weighted by Crippen LogP contribution is 2.25. The summed E-state index contributed by atoms with van der Waals surface area (Å²) in [5.74, 6) is -0.158. The summed E-state index contributed by atoms with van der Waals surface area (Å²) in [5, 5.41) is 3.47. The van der Waals surface area contributed by atoms with E-state index in [0.717, 1.165) is 6.42 Å². The standard InChI is InChI=1S/C11H14FN/c1-8-2-7-11(13-8)9-3-5-10(12)6-4-9/h3-6,8,11,13H,2,7H2,1H3/t8-,11+/m1/s1. The average molecular weight is 179 g/mol. The van der Waals surface area contributed by atoms with Crippen LogP contribution < -0.4 is 5.32 Å². The first-order chi connectivity index (χ1) is 6.25. The number of rotatable bonds is 1. The second kappa shape index (κ2) is 3.46. The van der Waals surface area contributed by atoms with Crippen LogP contribution in [0, 0.1) is 5.82 Å². The molecule has 0 aliphatic carbocycles. The number of hydrogen-bond donors (Lipinski definition) is 1. The van der Waals surface area contributed by atoms with Gasteiger partial charge in [0.25, 0.3) is 0 Å². The van der Waals surface area contributed by atoms with Crippen LogP contribution in [0.3, 0.4) is 0 Å². The van der Waals surface area contributed by atoms with E-state index in [2.05, 4.69) is 12.2 Å². The maximum Gasteiger partial charge on any atom is 0.123 e. The molecule has 1 aliphatic heterocycles. The molecule has 2 rings (SSSR count). The first-order valence-electron chi connectivity index (χ1n) is 4.77. The van der Waals surface area contributed by atoms with E-state index in [1.54, 1.807) is 0 Å². The minimum Gasteiger partial charge on any atom is -0.307 e. The van der Waals surface area contributed by atoms with E-state index in [9.17, 15) is 4.39 Å². The average Bonchev–Trinajstić information content (AvgIpc) is 2.53. The van der Waals surface area contributed by atoms with Gasteiger partial charge in [0.1, 0.15) is 5.82 Å². The van der Waals surface area contributed by atoms with Crippen LogP contribution >= 0.6 is 0 Å². The van der Waals surface area contributed by atoms with Crippen LogP contribution in [0.5, 0.6) is 0 Å². The first kappa shape index (κ1) is 8.70. The molecule has 1 aromatic carbocycles. The molecule has 1 N–H and O–H groups in total. The van der Waals surface area contributed by atoms with Crippen LogP contribution in [0.15, 0.2) is 24.3 Å². The third-order valence-corrected chi connectivity index (χ3v) is 2.65. The zero-order chi connectivity index (χ0) is 9.26. The Morgan fingerprint density at radius 1 is 1.23 bits per heavy atom. The Morgan fingerprint density at radius 2 is 1.92 bits per heavy atom. The van der Waals surface area contributed by atoms with Crippen molar-refractivity contribution in [2.24, 2.45) is 0 Å². The maximum absolute atomic E-state index is 12.6. The molecule has 13 heavy (non-hydrogen) atoms. The normalized spacial score (nSPS) is 27.8. The third-order valence-electron chi connectivity index (χ3n) is 2.65. The number of hydrogen-bond acceptors (Lipinski definition) is 1. The van der Waals surface area contributed by atoms with E-state index in [1.165, 1.54) is 24.1 Å². The zero-order valence-electron chi connectivity index (χ0n) is 7.76. The van der Waals surface area contributed by atoms with Gasteiger partial charge in [0.05, 0.1) is 0 Å². The highest BCUT2D eigenvalue weighted by molar-refractivity contribution is 5.20.